The maximum Gasteiger partial charge on any atom is 0.229 e. The van der Waals surface area contributed by atoms with E-state index in [4.69, 9.17) is 10.3 Å². The van der Waals surface area contributed by atoms with Crippen LogP contribution >= 0.6 is 0 Å². The minimum atomic E-state index is -3.64. The van der Waals surface area contributed by atoms with Crippen molar-refractivity contribution in [1.82, 2.24) is 20.1 Å². The Balaban J connectivity index is 1.87. The number of hydrogen-bond acceptors (Lipinski definition) is 9. The van der Waals surface area contributed by atoms with Crippen molar-refractivity contribution in [3.8, 4) is 11.4 Å². The van der Waals surface area contributed by atoms with Crippen molar-refractivity contribution >= 4 is 27.3 Å². The van der Waals surface area contributed by atoms with E-state index in [1.54, 1.807) is 6.92 Å². The van der Waals surface area contributed by atoms with Gasteiger partial charge in [-0.3, -0.25) is 0 Å². The van der Waals surface area contributed by atoms with Crippen molar-refractivity contribution in [2.75, 3.05) is 17.3 Å². The summed E-state index contributed by atoms with van der Waals surface area (Å²) in [7, 11) is -3.64. The number of aryl methyl sites for hydroxylation is 1. The molecule has 2 aromatic heterocycles. The molecule has 0 atom stereocenters. The summed E-state index contributed by atoms with van der Waals surface area (Å²) in [5.41, 5.74) is 6.52. The summed E-state index contributed by atoms with van der Waals surface area (Å²) in [4.78, 5) is 11.8. The standard InChI is InChI=1S/C14H13FN6O3S/c1-7-18-13(21-24-7)9-6-17-14(20-12(9)16)19-8-3-4-11(10(15)5-8)25(2,22)23/h3-6H,1-2H3,(H3,16,17,19,20). The summed E-state index contributed by atoms with van der Waals surface area (Å²) < 4.78 is 41.6. The molecule has 25 heavy (non-hydrogen) atoms. The highest BCUT2D eigenvalue weighted by molar-refractivity contribution is 7.90. The Morgan fingerprint density at radius 3 is 2.60 bits per heavy atom. The molecular weight excluding hydrogens is 351 g/mol. The van der Waals surface area contributed by atoms with Crippen LogP contribution in [0.5, 0.6) is 0 Å². The number of anilines is 3. The van der Waals surface area contributed by atoms with E-state index in [2.05, 4.69) is 25.4 Å². The predicted octanol–water partition coefficient (Wildman–Crippen LogP) is 1.70. The SMILES string of the molecule is Cc1nc(-c2cnc(Nc3ccc(S(C)(=O)=O)c(F)c3)nc2N)no1. The number of rotatable bonds is 4. The zero-order valence-electron chi connectivity index (χ0n) is 13.2. The van der Waals surface area contributed by atoms with E-state index in [1.807, 2.05) is 0 Å². The van der Waals surface area contributed by atoms with Crippen LogP contribution in [0.1, 0.15) is 5.89 Å². The number of hydrogen-bond donors (Lipinski definition) is 2. The van der Waals surface area contributed by atoms with Crippen LogP contribution in [0.15, 0.2) is 33.8 Å². The first-order valence-electron chi connectivity index (χ1n) is 6.94. The minimum absolute atomic E-state index is 0.103. The van der Waals surface area contributed by atoms with Gasteiger partial charge in [-0.15, -0.1) is 0 Å². The quantitative estimate of drug-likeness (QED) is 0.708. The lowest BCUT2D eigenvalue weighted by atomic mass is 10.3. The highest BCUT2D eigenvalue weighted by Gasteiger charge is 2.15. The molecule has 0 saturated carbocycles. The summed E-state index contributed by atoms with van der Waals surface area (Å²) in [6.07, 6.45) is 2.33. The Morgan fingerprint density at radius 1 is 1.28 bits per heavy atom. The molecule has 1 aromatic carbocycles. The number of aromatic nitrogens is 4. The first-order valence-corrected chi connectivity index (χ1v) is 8.83. The van der Waals surface area contributed by atoms with Crippen LogP contribution in [-0.2, 0) is 9.84 Å². The molecule has 3 rings (SSSR count). The van der Waals surface area contributed by atoms with Crippen molar-refractivity contribution < 1.29 is 17.3 Å². The maximum atomic E-state index is 13.9. The third kappa shape index (κ3) is 3.55. The van der Waals surface area contributed by atoms with Crippen molar-refractivity contribution in [3.63, 3.8) is 0 Å². The summed E-state index contributed by atoms with van der Waals surface area (Å²) in [5, 5.41) is 6.48. The molecule has 0 fully saturated rings. The van der Waals surface area contributed by atoms with Gasteiger partial charge in [0.05, 0.1) is 5.56 Å². The molecular formula is C14H13FN6O3S. The molecule has 11 heteroatoms. The number of nitrogens with zero attached hydrogens (tertiary/aromatic N) is 4. The van der Waals surface area contributed by atoms with E-state index in [9.17, 15) is 12.8 Å². The molecule has 0 saturated heterocycles. The molecule has 0 aliphatic rings. The summed E-state index contributed by atoms with van der Waals surface area (Å²) in [6.45, 7) is 1.64. The maximum absolute atomic E-state index is 13.9. The summed E-state index contributed by atoms with van der Waals surface area (Å²) in [5.74, 6) is -0.0398. The normalized spacial score (nSPS) is 11.5. The number of nitrogens with one attached hydrogen (secondary N) is 1. The van der Waals surface area contributed by atoms with Crippen LogP contribution in [0.2, 0.25) is 0 Å². The second-order valence-electron chi connectivity index (χ2n) is 5.17. The van der Waals surface area contributed by atoms with Gasteiger partial charge in [0.1, 0.15) is 16.5 Å². The van der Waals surface area contributed by atoms with Gasteiger partial charge in [0.15, 0.2) is 9.84 Å². The summed E-state index contributed by atoms with van der Waals surface area (Å²) >= 11 is 0. The van der Waals surface area contributed by atoms with Gasteiger partial charge in [0, 0.05) is 25.1 Å². The molecule has 3 N–H and O–H groups in total. The zero-order valence-corrected chi connectivity index (χ0v) is 14.0. The number of halogens is 1. The molecule has 0 spiro atoms. The Morgan fingerprint density at radius 2 is 2.04 bits per heavy atom. The van der Waals surface area contributed by atoms with E-state index in [1.165, 1.54) is 12.3 Å². The first kappa shape index (κ1) is 16.8. The molecule has 0 aliphatic heterocycles. The van der Waals surface area contributed by atoms with Gasteiger partial charge >= 0.3 is 0 Å². The second kappa shape index (κ2) is 6.09. The van der Waals surface area contributed by atoms with Crippen LogP contribution < -0.4 is 11.1 Å². The molecule has 0 bridgehead atoms. The van der Waals surface area contributed by atoms with Gasteiger partial charge in [0.25, 0.3) is 0 Å². The third-order valence-corrected chi connectivity index (χ3v) is 4.30. The molecule has 2 heterocycles. The smallest absolute Gasteiger partial charge is 0.229 e. The number of nitrogen functional groups attached to an aromatic ring is 1. The third-order valence-electron chi connectivity index (χ3n) is 3.17. The fraction of sp³-hybridized carbons (Fsp3) is 0.143. The Hall–Kier alpha value is -3.08. The fourth-order valence-electron chi connectivity index (χ4n) is 2.04. The lowest BCUT2D eigenvalue weighted by Crippen LogP contribution is -2.04. The van der Waals surface area contributed by atoms with Gasteiger partial charge in [0.2, 0.25) is 17.7 Å². The Bertz CT molecular complexity index is 1050. The van der Waals surface area contributed by atoms with E-state index < -0.39 is 15.7 Å². The fourth-order valence-corrected chi connectivity index (χ4v) is 2.77. The van der Waals surface area contributed by atoms with Crippen LogP contribution in [0, 0.1) is 12.7 Å². The van der Waals surface area contributed by atoms with Gasteiger partial charge in [-0.2, -0.15) is 9.97 Å². The lowest BCUT2D eigenvalue weighted by Gasteiger charge is -2.08. The number of benzene rings is 1. The minimum Gasteiger partial charge on any atom is -0.383 e. The molecule has 0 unspecified atom stereocenters. The molecule has 0 amide bonds. The van der Waals surface area contributed by atoms with Gasteiger partial charge in [-0.25, -0.2) is 17.8 Å². The number of sulfone groups is 1. The number of nitrogens with two attached hydrogens (primary N) is 1. The van der Waals surface area contributed by atoms with Crippen LogP contribution in [0.25, 0.3) is 11.4 Å². The highest BCUT2D eigenvalue weighted by atomic mass is 32.2. The van der Waals surface area contributed by atoms with Gasteiger partial charge in [-0.05, 0) is 18.2 Å². The topological polar surface area (TPSA) is 137 Å². The molecule has 0 radical (unpaired) electrons. The predicted molar refractivity (Wildman–Crippen MR) is 87.3 cm³/mol. The van der Waals surface area contributed by atoms with E-state index in [-0.39, 0.29) is 28.2 Å². The van der Waals surface area contributed by atoms with E-state index in [0.29, 0.717) is 11.5 Å². The van der Waals surface area contributed by atoms with Crippen LogP contribution in [0.4, 0.5) is 21.8 Å². The van der Waals surface area contributed by atoms with Gasteiger partial charge < -0.3 is 15.6 Å². The van der Waals surface area contributed by atoms with E-state index >= 15 is 0 Å². The van der Waals surface area contributed by atoms with Crippen molar-refractivity contribution in [2.24, 2.45) is 0 Å². The Labute approximate surface area is 142 Å². The molecule has 3 aromatic rings. The van der Waals surface area contributed by atoms with Crippen molar-refractivity contribution in [2.45, 2.75) is 11.8 Å². The largest absolute Gasteiger partial charge is 0.383 e. The molecule has 9 nitrogen and oxygen atoms in total. The second-order valence-corrected chi connectivity index (χ2v) is 7.16. The van der Waals surface area contributed by atoms with Crippen LogP contribution in [-0.4, -0.2) is 34.8 Å². The zero-order chi connectivity index (χ0) is 18.2. The highest BCUT2D eigenvalue weighted by Crippen LogP contribution is 2.24. The van der Waals surface area contributed by atoms with E-state index in [0.717, 1.165) is 18.4 Å². The van der Waals surface area contributed by atoms with Crippen molar-refractivity contribution in [3.05, 3.63) is 36.1 Å². The van der Waals surface area contributed by atoms with Crippen molar-refractivity contribution in [1.29, 1.82) is 0 Å². The first-order chi connectivity index (χ1) is 11.7. The lowest BCUT2D eigenvalue weighted by molar-refractivity contribution is 0.394. The summed E-state index contributed by atoms with van der Waals surface area (Å²) in [6, 6.07) is 3.59. The van der Waals surface area contributed by atoms with Crippen LogP contribution in [0.3, 0.4) is 0 Å². The Kier molecular flexibility index (Phi) is 4.08. The molecule has 0 aliphatic carbocycles. The monoisotopic (exact) mass is 364 g/mol. The molecule has 130 valence electrons. The van der Waals surface area contributed by atoms with Gasteiger partial charge in [-0.1, -0.05) is 5.16 Å². The average molecular weight is 364 g/mol. The average Bonchev–Trinajstić information content (AvgIpc) is 2.92.